The third-order valence-corrected chi connectivity index (χ3v) is 2.87. The van der Waals surface area contributed by atoms with Gasteiger partial charge in [0.25, 0.3) is 0 Å². The number of carbonyl (C=O) groups excluding carboxylic acids is 1. The molecule has 0 aliphatic heterocycles. The minimum absolute atomic E-state index is 0.0135. The summed E-state index contributed by atoms with van der Waals surface area (Å²) in [5.74, 6) is -0.533. The highest BCUT2D eigenvalue weighted by Gasteiger charge is 2.15. The number of benzene rings is 1. The Bertz CT molecular complexity index is 483. The zero-order valence-corrected chi connectivity index (χ0v) is 12.7. The van der Waals surface area contributed by atoms with Crippen molar-refractivity contribution in [3.63, 3.8) is 0 Å². The number of phenolic OH excluding ortho intramolecular Hbond substituents is 1. The molecule has 21 heavy (non-hydrogen) atoms. The normalized spacial score (nSPS) is 13.0. The van der Waals surface area contributed by atoms with Gasteiger partial charge in [0.15, 0.2) is 0 Å². The molecule has 0 amide bonds. The number of nitrogens with two attached hydrogens (primary N) is 1. The molecular weight excluding hydrogens is 272 g/mol. The van der Waals surface area contributed by atoms with Gasteiger partial charge in [0.2, 0.25) is 0 Å². The molecule has 0 bridgehead atoms. The van der Waals surface area contributed by atoms with Gasteiger partial charge in [-0.1, -0.05) is 6.07 Å². The molecule has 6 nitrogen and oxygen atoms in total. The second-order valence-electron chi connectivity index (χ2n) is 5.90. The van der Waals surface area contributed by atoms with E-state index in [0.29, 0.717) is 17.7 Å². The molecule has 5 N–H and O–H groups in total. The van der Waals surface area contributed by atoms with E-state index in [-0.39, 0.29) is 24.4 Å². The van der Waals surface area contributed by atoms with Crippen molar-refractivity contribution in [1.82, 2.24) is 5.32 Å². The van der Waals surface area contributed by atoms with Gasteiger partial charge in [-0.05, 0) is 38.5 Å². The smallest absolute Gasteiger partial charge is 0.320 e. The van der Waals surface area contributed by atoms with Gasteiger partial charge in [-0.2, -0.15) is 0 Å². The summed E-state index contributed by atoms with van der Waals surface area (Å²) in [5.41, 5.74) is 6.12. The Morgan fingerprint density at radius 1 is 1.43 bits per heavy atom. The average molecular weight is 296 g/mol. The summed E-state index contributed by atoms with van der Waals surface area (Å²) >= 11 is 0. The lowest BCUT2D eigenvalue weighted by Crippen LogP contribution is -2.38. The van der Waals surface area contributed by atoms with Crippen LogP contribution in [0.5, 0.6) is 5.75 Å². The number of hydrogen-bond donors (Lipinski definition) is 4. The van der Waals surface area contributed by atoms with Crippen LogP contribution in [0.4, 0.5) is 0 Å². The van der Waals surface area contributed by atoms with Crippen molar-refractivity contribution in [3.8, 4) is 5.75 Å². The van der Waals surface area contributed by atoms with Crippen molar-refractivity contribution < 1.29 is 19.7 Å². The first-order valence-corrected chi connectivity index (χ1v) is 6.83. The number of aromatic hydroxyl groups is 1. The molecule has 0 aliphatic carbocycles. The molecule has 6 heteroatoms. The molecular formula is C15H24N2O4. The maximum atomic E-state index is 11.0. The lowest BCUT2D eigenvalue weighted by Gasteiger charge is -2.23. The van der Waals surface area contributed by atoms with E-state index in [2.05, 4.69) is 5.32 Å². The van der Waals surface area contributed by atoms with Gasteiger partial charge >= 0.3 is 5.97 Å². The summed E-state index contributed by atoms with van der Waals surface area (Å²) in [7, 11) is 0. The lowest BCUT2D eigenvalue weighted by molar-refractivity contribution is -0.143. The Morgan fingerprint density at radius 3 is 2.67 bits per heavy atom. The number of carbonyl (C=O) groups is 1. The molecule has 0 heterocycles. The molecule has 0 saturated heterocycles. The van der Waals surface area contributed by atoms with Crippen LogP contribution in [-0.4, -0.2) is 34.8 Å². The van der Waals surface area contributed by atoms with Gasteiger partial charge in [-0.25, -0.2) is 0 Å². The largest absolute Gasteiger partial charge is 0.508 e. The van der Waals surface area contributed by atoms with E-state index >= 15 is 0 Å². The third-order valence-electron chi connectivity index (χ3n) is 2.87. The summed E-state index contributed by atoms with van der Waals surface area (Å²) in [4.78, 5) is 11.0. The highest BCUT2D eigenvalue weighted by Crippen LogP contribution is 2.23. The van der Waals surface area contributed by atoms with Crippen LogP contribution < -0.4 is 11.1 Å². The Labute approximate surface area is 124 Å². The topological polar surface area (TPSA) is 105 Å². The Balaban J connectivity index is 2.73. The van der Waals surface area contributed by atoms with Crippen molar-refractivity contribution in [2.45, 2.75) is 39.0 Å². The van der Waals surface area contributed by atoms with Crippen LogP contribution in [0.25, 0.3) is 0 Å². The minimum Gasteiger partial charge on any atom is -0.508 e. The number of β-amino-alcohol motifs (C(OH)–C–C–N with tert-alkyl or cyclic N) is 1. The second kappa shape index (κ2) is 7.40. The van der Waals surface area contributed by atoms with Crippen LogP contribution in [0.3, 0.4) is 0 Å². The van der Waals surface area contributed by atoms with Gasteiger partial charge in [-0.15, -0.1) is 0 Å². The third kappa shape index (κ3) is 6.12. The molecule has 1 rings (SSSR count). The number of nitrogens with one attached hydrogen (secondary N) is 1. The fourth-order valence-electron chi connectivity index (χ4n) is 1.67. The van der Waals surface area contributed by atoms with Gasteiger partial charge in [-0.3, -0.25) is 4.79 Å². The van der Waals surface area contributed by atoms with E-state index in [4.69, 9.17) is 10.5 Å². The van der Waals surface area contributed by atoms with E-state index in [1.54, 1.807) is 12.1 Å². The van der Waals surface area contributed by atoms with E-state index in [1.165, 1.54) is 6.07 Å². The molecule has 0 radical (unpaired) electrons. The van der Waals surface area contributed by atoms with Crippen LogP contribution in [0, 0.1) is 0 Å². The maximum absolute atomic E-state index is 11.0. The summed E-state index contributed by atoms with van der Waals surface area (Å²) in [6.45, 7) is 6.13. The van der Waals surface area contributed by atoms with E-state index in [1.807, 2.05) is 20.8 Å². The quantitative estimate of drug-likeness (QED) is 0.579. The minimum atomic E-state index is -0.714. The number of aliphatic hydroxyl groups excluding tert-OH is 1. The highest BCUT2D eigenvalue weighted by molar-refractivity contribution is 5.71. The first kappa shape index (κ1) is 17.4. The first-order valence-electron chi connectivity index (χ1n) is 6.83. The maximum Gasteiger partial charge on any atom is 0.320 e. The molecule has 0 saturated carbocycles. The van der Waals surface area contributed by atoms with Gasteiger partial charge < -0.3 is 26.0 Å². The first-order chi connectivity index (χ1) is 9.73. The molecule has 0 fully saturated rings. The SMILES string of the molecule is CC(C)(C)NCC(O)c1ccc(O)c(COC(=O)CN)c1. The zero-order valence-electron chi connectivity index (χ0n) is 12.7. The molecule has 1 aromatic carbocycles. The fraction of sp³-hybridized carbons (Fsp3) is 0.533. The predicted octanol–water partition coefficient (Wildman–Crippen LogP) is 0.816. The van der Waals surface area contributed by atoms with Crippen LogP contribution in [-0.2, 0) is 16.1 Å². The monoisotopic (exact) mass is 296 g/mol. The number of esters is 1. The molecule has 1 atom stereocenters. The molecule has 1 unspecified atom stereocenters. The predicted molar refractivity (Wildman–Crippen MR) is 79.7 cm³/mol. The van der Waals surface area contributed by atoms with Gasteiger partial charge in [0, 0.05) is 17.6 Å². The Kier molecular flexibility index (Phi) is 6.14. The number of hydrogen-bond acceptors (Lipinski definition) is 6. The number of rotatable bonds is 6. The van der Waals surface area contributed by atoms with E-state index < -0.39 is 12.1 Å². The van der Waals surface area contributed by atoms with Crippen molar-refractivity contribution in [3.05, 3.63) is 29.3 Å². The summed E-state index contributed by atoms with van der Waals surface area (Å²) < 4.78 is 4.89. The number of aliphatic hydroxyl groups is 1. The molecule has 0 spiro atoms. The van der Waals surface area contributed by atoms with Gasteiger partial charge in [0.05, 0.1) is 12.6 Å². The van der Waals surface area contributed by atoms with Crippen LogP contribution in [0.1, 0.15) is 38.0 Å². The number of phenols is 1. The molecule has 0 aliphatic rings. The van der Waals surface area contributed by atoms with Crippen molar-refractivity contribution >= 4 is 5.97 Å². The summed E-state index contributed by atoms with van der Waals surface area (Å²) in [6.07, 6.45) is -0.714. The second-order valence-corrected chi connectivity index (χ2v) is 5.90. The van der Waals surface area contributed by atoms with E-state index in [0.717, 1.165) is 0 Å². The molecule has 1 aromatic rings. The Hall–Kier alpha value is -1.63. The van der Waals surface area contributed by atoms with Crippen molar-refractivity contribution in [1.29, 1.82) is 0 Å². The summed E-state index contributed by atoms with van der Waals surface area (Å²) in [5, 5.41) is 23.1. The highest BCUT2D eigenvalue weighted by atomic mass is 16.5. The zero-order chi connectivity index (χ0) is 16.0. The van der Waals surface area contributed by atoms with Crippen LogP contribution in [0.2, 0.25) is 0 Å². The van der Waals surface area contributed by atoms with Gasteiger partial charge in [0.1, 0.15) is 12.4 Å². The van der Waals surface area contributed by atoms with Crippen molar-refractivity contribution in [2.24, 2.45) is 5.73 Å². The Morgan fingerprint density at radius 2 is 2.10 bits per heavy atom. The molecule has 118 valence electrons. The van der Waals surface area contributed by atoms with E-state index in [9.17, 15) is 15.0 Å². The average Bonchev–Trinajstić information content (AvgIpc) is 2.42. The molecule has 0 aromatic heterocycles. The van der Waals surface area contributed by atoms with Crippen LogP contribution in [0.15, 0.2) is 18.2 Å². The standard InChI is InChI=1S/C15H24N2O4/c1-15(2,3)17-8-13(19)10-4-5-12(18)11(6-10)9-21-14(20)7-16/h4-6,13,17-19H,7-9,16H2,1-3H3. The van der Waals surface area contributed by atoms with Crippen molar-refractivity contribution in [2.75, 3.05) is 13.1 Å². The van der Waals surface area contributed by atoms with Crippen LogP contribution >= 0.6 is 0 Å². The fourth-order valence-corrected chi connectivity index (χ4v) is 1.67. The number of ether oxygens (including phenoxy) is 1. The summed E-state index contributed by atoms with van der Waals surface area (Å²) in [6, 6.07) is 4.73. The lowest BCUT2D eigenvalue weighted by atomic mass is 10.0.